The molecule has 1 aliphatic heterocycles. The first-order valence-electron chi connectivity index (χ1n) is 16.3. The average Bonchev–Trinajstić information content (AvgIpc) is 3.26. The standard InChI is InChI=1S/C31H48N4O13S/c1-19(29(44)45)3-8-23(36)34-22(28(43)33-16-26(40)41)18-49-31(2)15-24(37)35(30(31)46)17-20-4-6-21(7-5-20)27(42)32-10-12-48-14-13-47-11-9-25(38)39/h19-22H,3-18H2,1-2H3,(H,32,42)(H,33,43)(H,34,36)(H,38,39)(H,40,41)(H,44,45). The number of amides is 5. The lowest BCUT2D eigenvalue weighted by Crippen LogP contribution is -2.50. The Morgan fingerprint density at radius 2 is 1.57 bits per heavy atom. The number of carboxylic acid groups (broad SMARTS) is 3. The molecule has 0 bridgehead atoms. The highest BCUT2D eigenvalue weighted by molar-refractivity contribution is 8.01. The Kier molecular flexibility index (Phi) is 17.5. The van der Waals surface area contributed by atoms with Crippen LogP contribution in [0.15, 0.2) is 0 Å². The predicted octanol–water partition coefficient (Wildman–Crippen LogP) is -0.146. The molecule has 0 spiro atoms. The van der Waals surface area contributed by atoms with Gasteiger partial charge in [-0.05, 0) is 44.9 Å². The van der Waals surface area contributed by atoms with Gasteiger partial charge in [0, 0.05) is 31.2 Å². The van der Waals surface area contributed by atoms with Gasteiger partial charge in [0.2, 0.25) is 29.5 Å². The van der Waals surface area contributed by atoms with Crippen LogP contribution in [-0.4, -0.2) is 130 Å². The molecule has 0 aromatic rings. The van der Waals surface area contributed by atoms with E-state index in [4.69, 9.17) is 24.8 Å². The molecule has 5 amide bonds. The minimum absolute atomic E-state index is 0.00999. The van der Waals surface area contributed by atoms with Gasteiger partial charge in [-0.3, -0.25) is 43.3 Å². The molecule has 1 aliphatic carbocycles. The smallest absolute Gasteiger partial charge is 0.322 e. The third-order valence-electron chi connectivity index (χ3n) is 8.38. The van der Waals surface area contributed by atoms with Crippen molar-refractivity contribution in [2.75, 3.05) is 51.8 Å². The maximum Gasteiger partial charge on any atom is 0.322 e. The summed E-state index contributed by atoms with van der Waals surface area (Å²) in [5, 5.41) is 34.1. The molecule has 1 saturated heterocycles. The van der Waals surface area contributed by atoms with Gasteiger partial charge in [0.15, 0.2) is 0 Å². The summed E-state index contributed by atoms with van der Waals surface area (Å²) in [5.41, 5.74) is 0. The molecule has 0 aromatic heterocycles. The number of likely N-dealkylation sites (tertiary alicyclic amines) is 1. The lowest BCUT2D eigenvalue weighted by Gasteiger charge is -2.31. The van der Waals surface area contributed by atoms with E-state index < -0.39 is 58.9 Å². The van der Waals surface area contributed by atoms with Gasteiger partial charge in [-0.1, -0.05) is 6.92 Å². The number of hydrogen-bond donors (Lipinski definition) is 6. The minimum Gasteiger partial charge on any atom is -0.481 e. The number of aliphatic carboxylic acids is 3. The van der Waals surface area contributed by atoms with Gasteiger partial charge >= 0.3 is 17.9 Å². The maximum absolute atomic E-state index is 13.5. The number of rotatable bonds is 23. The third-order valence-corrected chi connectivity index (χ3v) is 9.84. The van der Waals surface area contributed by atoms with Gasteiger partial charge in [-0.2, -0.15) is 0 Å². The number of hydrogen-bond acceptors (Lipinski definition) is 11. The van der Waals surface area contributed by atoms with E-state index in [2.05, 4.69) is 16.0 Å². The van der Waals surface area contributed by atoms with Crippen molar-refractivity contribution in [1.29, 1.82) is 0 Å². The molecular weight excluding hydrogens is 668 g/mol. The zero-order valence-corrected chi connectivity index (χ0v) is 28.7. The molecule has 6 N–H and O–H groups in total. The molecule has 18 heteroatoms. The third kappa shape index (κ3) is 14.7. The summed E-state index contributed by atoms with van der Waals surface area (Å²) in [6.07, 6.45) is 2.10. The van der Waals surface area contributed by atoms with Crippen LogP contribution < -0.4 is 16.0 Å². The van der Waals surface area contributed by atoms with Crippen molar-refractivity contribution in [3.8, 4) is 0 Å². The second kappa shape index (κ2) is 20.7. The van der Waals surface area contributed by atoms with Gasteiger partial charge in [-0.15, -0.1) is 11.8 Å². The van der Waals surface area contributed by atoms with Crippen LogP contribution in [0.25, 0.3) is 0 Å². The largest absolute Gasteiger partial charge is 0.481 e. The van der Waals surface area contributed by atoms with Crippen molar-refractivity contribution in [3.05, 3.63) is 0 Å². The molecule has 276 valence electrons. The van der Waals surface area contributed by atoms with E-state index >= 15 is 0 Å². The molecule has 49 heavy (non-hydrogen) atoms. The average molecular weight is 717 g/mol. The number of carbonyl (C=O) groups is 8. The number of carboxylic acids is 3. The summed E-state index contributed by atoms with van der Waals surface area (Å²) in [4.78, 5) is 98.0. The molecule has 2 fully saturated rings. The van der Waals surface area contributed by atoms with Crippen LogP contribution in [-0.2, 0) is 47.8 Å². The van der Waals surface area contributed by atoms with E-state index in [1.54, 1.807) is 6.92 Å². The van der Waals surface area contributed by atoms with Crippen molar-refractivity contribution in [2.24, 2.45) is 17.8 Å². The molecule has 1 heterocycles. The van der Waals surface area contributed by atoms with E-state index in [0.717, 1.165) is 11.8 Å². The molecule has 3 atom stereocenters. The van der Waals surface area contributed by atoms with Gasteiger partial charge in [-0.25, -0.2) is 0 Å². The first kappa shape index (κ1) is 41.4. The summed E-state index contributed by atoms with van der Waals surface area (Å²) < 4.78 is 9.27. The summed E-state index contributed by atoms with van der Waals surface area (Å²) in [6.45, 7) is 3.77. The normalized spacial score (nSPS) is 21.9. The Morgan fingerprint density at radius 1 is 0.918 bits per heavy atom. The van der Waals surface area contributed by atoms with Crippen LogP contribution in [0.4, 0.5) is 0 Å². The van der Waals surface area contributed by atoms with E-state index in [1.165, 1.54) is 11.8 Å². The van der Waals surface area contributed by atoms with E-state index in [9.17, 15) is 38.4 Å². The number of ether oxygens (including phenoxy) is 2. The van der Waals surface area contributed by atoms with Crippen LogP contribution in [0.2, 0.25) is 0 Å². The van der Waals surface area contributed by atoms with Gasteiger partial charge < -0.3 is 40.7 Å². The van der Waals surface area contributed by atoms with Crippen molar-refractivity contribution in [3.63, 3.8) is 0 Å². The van der Waals surface area contributed by atoms with Crippen LogP contribution in [0.5, 0.6) is 0 Å². The molecule has 0 aromatic carbocycles. The van der Waals surface area contributed by atoms with Crippen molar-refractivity contribution >= 4 is 59.2 Å². The highest BCUT2D eigenvalue weighted by Crippen LogP contribution is 2.39. The van der Waals surface area contributed by atoms with Crippen LogP contribution in [0.3, 0.4) is 0 Å². The Labute approximate surface area is 288 Å². The quantitative estimate of drug-likeness (QED) is 0.0594. The zero-order valence-electron chi connectivity index (χ0n) is 27.9. The number of imide groups is 1. The number of nitrogens with one attached hydrogen (secondary N) is 3. The highest BCUT2D eigenvalue weighted by Gasteiger charge is 2.49. The SMILES string of the molecule is CC(CCC(=O)NC(CSC1(C)CC(=O)N(CC2CCC(C(=O)NCCOCCOCCC(=O)O)CC2)C1=O)C(=O)NCC(=O)O)C(=O)O. The number of carbonyl (C=O) groups excluding carboxylic acids is 5. The van der Waals surface area contributed by atoms with Crippen molar-refractivity contribution in [1.82, 2.24) is 20.9 Å². The molecule has 2 rings (SSSR count). The zero-order chi connectivity index (χ0) is 36.6. The lowest BCUT2D eigenvalue weighted by atomic mass is 9.81. The minimum atomic E-state index is -1.30. The number of nitrogens with zero attached hydrogens (tertiary/aromatic N) is 1. The topological polar surface area (TPSA) is 255 Å². The second-order valence-corrected chi connectivity index (χ2v) is 13.9. The van der Waals surface area contributed by atoms with Crippen LogP contribution in [0.1, 0.15) is 65.2 Å². The Balaban J connectivity index is 1.82. The fourth-order valence-corrected chi connectivity index (χ4v) is 6.60. The molecule has 0 radical (unpaired) electrons. The van der Waals surface area contributed by atoms with E-state index in [-0.39, 0.29) is 88.1 Å². The summed E-state index contributed by atoms with van der Waals surface area (Å²) in [5.74, 6) is -6.73. The fourth-order valence-electron chi connectivity index (χ4n) is 5.37. The maximum atomic E-state index is 13.5. The second-order valence-electron chi connectivity index (χ2n) is 12.4. The molecule has 17 nitrogen and oxygen atoms in total. The number of thioether (sulfide) groups is 1. The summed E-state index contributed by atoms with van der Waals surface area (Å²) in [7, 11) is 0. The molecule has 3 unspecified atom stereocenters. The van der Waals surface area contributed by atoms with Gasteiger partial charge in [0.1, 0.15) is 17.3 Å². The Hall–Kier alpha value is -3.77. The first-order valence-corrected chi connectivity index (χ1v) is 17.3. The van der Waals surface area contributed by atoms with E-state index in [0.29, 0.717) is 32.2 Å². The van der Waals surface area contributed by atoms with E-state index in [1.807, 2.05) is 0 Å². The van der Waals surface area contributed by atoms with Gasteiger partial charge in [0.05, 0.1) is 45.2 Å². The summed E-state index contributed by atoms with van der Waals surface area (Å²) in [6, 6.07) is -1.23. The highest BCUT2D eigenvalue weighted by atomic mass is 32.2. The fraction of sp³-hybridized carbons (Fsp3) is 0.742. The predicted molar refractivity (Wildman–Crippen MR) is 173 cm³/mol. The summed E-state index contributed by atoms with van der Waals surface area (Å²) >= 11 is 1.01. The first-order chi connectivity index (χ1) is 23.1. The van der Waals surface area contributed by atoms with Crippen molar-refractivity contribution < 1.29 is 63.1 Å². The lowest BCUT2D eigenvalue weighted by molar-refractivity contribution is -0.142. The Morgan fingerprint density at radius 3 is 2.18 bits per heavy atom. The molecule has 2 aliphatic rings. The molecule has 1 saturated carbocycles. The van der Waals surface area contributed by atoms with Gasteiger partial charge in [0.25, 0.3) is 0 Å². The van der Waals surface area contributed by atoms with Crippen LogP contribution in [0, 0.1) is 17.8 Å². The van der Waals surface area contributed by atoms with Crippen molar-refractivity contribution in [2.45, 2.75) is 76.0 Å². The van der Waals surface area contributed by atoms with Crippen LogP contribution >= 0.6 is 11.8 Å². The Bertz CT molecular complexity index is 1210. The molecular formula is C31H48N4O13S. The monoisotopic (exact) mass is 716 g/mol.